The Hall–Kier alpha value is -2.28. The molecule has 5 nitrogen and oxygen atoms in total. The Morgan fingerprint density at radius 2 is 1.93 bits per heavy atom. The van der Waals surface area contributed by atoms with Gasteiger partial charge in [0.25, 0.3) is 5.56 Å². The zero-order valence-electron chi connectivity index (χ0n) is 14.1. The second kappa shape index (κ2) is 8.61. The summed E-state index contributed by atoms with van der Waals surface area (Å²) in [5.74, 6) is -0.183. The molecule has 0 saturated carbocycles. The van der Waals surface area contributed by atoms with E-state index in [4.69, 9.17) is 23.2 Å². The number of para-hydroxylation sites is 1. The van der Waals surface area contributed by atoms with Gasteiger partial charge in [0.15, 0.2) is 5.16 Å². The number of anilines is 1. The van der Waals surface area contributed by atoms with Crippen molar-refractivity contribution in [1.82, 2.24) is 9.55 Å². The molecule has 0 radical (unpaired) electrons. The summed E-state index contributed by atoms with van der Waals surface area (Å²) in [6.07, 6.45) is 1.62. The molecule has 3 aromatic rings. The third-order valence-electron chi connectivity index (χ3n) is 3.62. The first-order valence-corrected chi connectivity index (χ1v) is 9.71. The summed E-state index contributed by atoms with van der Waals surface area (Å²) in [5, 5.41) is 4.58. The number of carbonyl (C=O) groups is 1. The number of fused-ring (bicyclic) bond motifs is 1. The fourth-order valence-electron chi connectivity index (χ4n) is 2.50. The predicted octanol–water partition coefficient (Wildman–Crippen LogP) is 4.62. The molecule has 1 amide bonds. The lowest BCUT2D eigenvalue weighted by Crippen LogP contribution is -2.23. The van der Waals surface area contributed by atoms with Gasteiger partial charge in [0.1, 0.15) is 0 Å². The number of rotatable bonds is 6. The van der Waals surface area contributed by atoms with Crippen LogP contribution in [0.2, 0.25) is 10.0 Å². The first-order valence-electron chi connectivity index (χ1n) is 7.97. The molecular weight excluding hydrogens is 405 g/mol. The maximum atomic E-state index is 12.7. The topological polar surface area (TPSA) is 64.0 Å². The van der Waals surface area contributed by atoms with E-state index in [9.17, 15) is 9.59 Å². The van der Waals surface area contributed by atoms with E-state index in [0.717, 1.165) is 0 Å². The molecule has 8 heteroatoms. The van der Waals surface area contributed by atoms with E-state index >= 15 is 0 Å². The third-order valence-corrected chi connectivity index (χ3v) is 5.03. The Kier molecular flexibility index (Phi) is 6.21. The molecule has 0 unspecified atom stereocenters. The number of nitrogens with zero attached hydrogens (tertiary/aromatic N) is 2. The SMILES string of the molecule is C=CCn1c(SCC(=O)Nc2cc(Cl)cc(Cl)c2)nc2ccccc2c1=O. The van der Waals surface area contributed by atoms with Crippen LogP contribution in [0.5, 0.6) is 0 Å². The van der Waals surface area contributed by atoms with Gasteiger partial charge < -0.3 is 5.32 Å². The highest BCUT2D eigenvalue weighted by Gasteiger charge is 2.13. The summed E-state index contributed by atoms with van der Waals surface area (Å²) in [5.41, 5.74) is 0.936. The predicted molar refractivity (Wildman–Crippen MR) is 112 cm³/mol. The smallest absolute Gasteiger partial charge is 0.262 e. The van der Waals surface area contributed by atoms with Gasteiger partial charge >= 0.3 is 0 Å². The minimum absolute atomic E-state index is 0.0755. The normalized spacial score (nSPS) is 10.7. The van der Waals surface area contributed by atoms with Crippen LogP contribution in [-0.2, 0) is 11.3 Å². The molecule has 1 heterocycles. The van der Waals surface area contributed by atoms with Crippen LogP contribution >= 0.6 is 35.0 Å². The second-order valence-corrected chi connectivity index (χ2v) is 7.43. The van der Waals surface area contributed by atoms with Gasteiger partial charge in [-0.1, -0.05) is 53.2 Å². The molecular formula is C19H15Cl2N3O2S. The fourth-order valence-corrected chi connectivity index (χ4v) is 3.84. The highest BCUT2D eigenvalue weighted by molar-refractivity contribution is 7.99. The number of aromatic nitrogens is 2. The van der Waals surface area contributed by atoms with E-state index in [2.05, 4.69) is 16.9 Å². The number of halogens is 2. The van der Waals surface area contributed by atoms with Gasteiger partial charge in [-0.25, -0.2) is 4.98 Å². The molecule has 0 aliphatic heterocycles. The van der Waals surface area contributed by atoms with Crippen molar-refractivity contribution >= 4 is 57.5 Å². The minimum atomic E-state index is -0.258. The number of nitrogens with one attached hydrogen (secondary N) is 1. The summed E-state index contributed by atoms with van der Waals surface area (Å²) in [4.78, 5) is 29.5. The molecule has 1 aromatic heterocycles. The van der Waals surface area contributed by atoms with Crippen LogP contribution in [0.15, 0.2) is 65.1 Å². The first kappa shape index (κ1) is 19.5. The zero-order chi connectivity index (χ0) is 19.4. The van der Waals surface area contributed by atoms with Gasteiger partial charge in [-0.05, 0) is 30.3 Å². The van der Waals surface area contributed by atoms with E-state index in [1.165, 1.54) is 16.3 Å². The minimum Gasteiger partial charge on any atom is -0.325 e. The van der Waals surface area contributed by atoms with Crippen molar-refractivity contribution in [3.05, 3.63) is 75.5 Å². The molecule has 0 aliphatic rings. The maximum Gasteiger partial charge on any atom is 0.262 e. The lowest BCUT2D eigenvalue weighted by molar-refractivity contribution is -0.113. The van der Waals surface area contributed by atoms with Gasteiger partial charge in [0.05, 0.1) is 16.7 Å². The van der Waals surface area contributed by atoms with Crippen molar-refractivity contribution in [1.29, 1.82) is 0 Å². The number of hydrogen-bond donors (Lipinski definition) is 1. The van der Waals surface area contributed by atoms with Crippen molar-refractivity contribution in [3.63, 3.8) is 0 Å². The Balaban J connectivity index is 1.81. The van der Waals surface area contributed by atoms with Crippen molar-refractivity contribution in [2.75, 3.05) is 11.1 Å². The highest BCUT2D eigenvalue weighted by Crippen LogP contribution is 2.23. The molecule has 27 heavy (non-hydrogen) atoms. The highest BCUT2D eigenvalue weighted by atomic mass is 35.5. The van der Waals surface area contributed by atoms with Crippen LogP contribution < -0.4 is 10.9 Å². The van der Waals surface area contributed by atoms with Gasteiger partial charge in [0, 0.05) is 22.3 Å². The monoisotopic (exact) mass is 419 g/mol. The summed E-state index contributed by atoms with van der Waals surface area (Å²) >= 11 is 13.1. The van der Waals surface area contributed by atoms with Crippen LogP contribution in [0.3, 0.4) is 0 Å². The standard InChI is InChI=1S/C19H15Cl2N3O2S/c1-2-7-24-18(26)15-5-3-4-6-16(15)23-19(24)27-11-17(25)22-14-9-12(20)8-13(21)10-14/h2-6,8-10H,1,7,11H2,(H,22,25). The molecule has 0 bridgehead atoms. The number of benzene rings is 2. The van der Waals surface area contributed by atoms with E-state index in [1.54, 1.807) is 42.5 Å². The van der Waals surface area contributed by atoms with Crippen molar-refractivity contribution in [2.45, 2.75) is 11.7 Å². The summed E-state index contributed by atoms with van der Waals surface area (Å²) in [6, 6.07) is 11.9. The van der Waals surface area contributed by atoms with E-state index in [1.807, 2.05) is 6.07 Å². The summed E-state index contributed by atoms with van der Waals surface area (Å²) < 4.78 is 1.50. The number of allylic oxidation sites excluding steroid dienone is 1. The molecule has 0 saturated heterocycles. The molecule has 138 valence electrons. The maximum absolute atomic E-state index is 12.7. The Morgan fingerprint density at radius 3 is 2.63 bits per heavy atom. The Bertz CT molecular complexity index is 1060. The Morgan fingerprint density at radius 1 is 1.22 bits per heavy atom. The number of carbonyl (C=O) groups excluding carboxylic acids is 1. The molecule has 1 N–H and O–H groups in total. The first-order chi connectivity index (χ1) is 13.0. The van der Waals surface area contributed by atoms with Gasteiger partial charge in [0.2, 0.25) is 5.91 Å². The average Bonchev–Trinajstić information content (AvgIpc) is 2.62. The number of amides is 1. The lowest BCUT2D eigenvalue weighted by atomic mass is 10.2. The van der Waals surface area contributed by atoms with Gasteiger partial charge in [-0.2, -0.15) is 0 Å². The van der Waals surface area contributed by atoms with Crippen LogP contribution in [0.4, 0.5) is 5.69 Å². The number of hydrogen-bond acceptors (Lipinski definition) is 4. The molecule has 0 atom stereocenters. The van der Waals surface area contributed by atoms with Crippen LogP contribution in [0.25, 0.3) is 10.9 Å². The Labute approximate surface area is 170 Å². The van der Waals surface area contributed by atoms with Gasteiger partial charge in [-0.3, -0.25) is 14.2 Å². The summed E-state index contributed by atoms with van der Waals surface area (Å²) in [7, 11) is 0. The van der Waals surface area contributed by atoms with E-state index in [-0.39, 0.29) is 17.2 Å². The average molecular weight is 420 g/mol. The van der Waals surface area contributed by atoms with Crippen LogP contribution in [-0.4, -0.2) is 21.2 Å². The molecule has 0 fully saturated rings. The largest absolute Gasteiger partial charge is 0.325 e. The van der Waals surface area contributed by atoms with Crippen molar-refractivity contribution in [3.8, 4) is 0 Å². The van der Waals surface area contributed by atoms with Crippen LogP contribution in [0, 0.1) is 0 Å². The zero-order valence-corrected chi connectivity index (χ0v) is 16.4. The molecule has 0 spiro atoms. The van der Waals surface area contributed by atoms with Crippen LogP contribution in [0.1, 0.15) is 0 Å². The fraction of sp³-hybridized carbons (Fsp3) is 0.105. The quantitative estimate of drug-likeness (QED) is 0.359. The molecule has 0 aliphatic carbocycles. The second-order valence-electron chi connectivity index (χ2n) is 5.61. The van der Waals surface area contributed by atoms with E-state index in [0.29, 0.717) is 38.3 Å². The number of thioether (sulfide) groups is 1. The van der Waals surface area contributed by atoms with Crippen molar-refractivity contribution < 1.29 is 4.79 Å². The lowest BCUT2D eigenvalue weighted by Gasteiger charge is -2.11. The molecule has 3 rings (SSSR count). The summed E-state index contributed by atoms with van der Waals surface area (Å²) in [6.45, 7) is 3.99. The third kappa shape index (κ3) is 4.71. The molecule has 2 aromatic carbocycles. The van der Waals surface area contributed by atoms with E-state index < -0.39 is 0 Å². The van der Waals surface area contributed by atoms with Gasteiger partial charge in [-0.15, -0.1) is 6.58 Å². The van der Waals surface area contributed by atoms with Crippen molar-refractivity contribution in [2.24, 2.45) is 0 Å².